The molecule has 0 radical (unpaired) electrons. The van der Waals surface area contributed by atoms with Crippen LogP contribution in [0.15, 0.2) is 0 Å². The number of rotatable bonds is 6. The van der Waals surface area contributed by atoms with Gasteiger partial charge < -0.3 is 14.2 Å². The molecule has 3 nitrogen and oxygen atoms in total. The van der Waals surface area contributed by atoms with Crippen LogP contribution in [-0.2, 0) is 14.2 Å². The van der Waals surface area contributed by atoms with Crippen LogP contribution in [0.25, 0.3) is 0 Å². The van der Waals surface area contributed by atoms with Crippen molar-refractivity contribution in [3.05, 3.63) is 0 Å². The Morgan fingerprint density at radius 3 is 2.08 bits per heavy atom. The van der Waals surface area contributed by atoms with Crippen LogP contribution >= 0.6 is 0 Å². The minimum Gasteiger partial charge on any atom is -0.356 e. The second-order valence-electron chi connectivity index (χ2n) is 1.90. The summed E-state index contributed by atoms with van der Waals surface area (Å²) in [7, 11) is 0. The Balaban J connectivity index is 3.01. The lowest BCUT2D eigenvalue weighted by molar-refractivity contribution is -0.209. The maximum atomic E-state index is 11.4. The van der Waals surface area contributed by atoms with Crippen LogP contribution in [0, 0.1) is 0 Å². The Labute approximate surface area is 68.4 Å². The lowest BCUT2D eigenvalue weighted by Gasteiger charge is -2.07. The molecule has 74 valence electrons. The van der Waals surface area contributed by atoms with Gasteiger partial charge in [0.15, 0.2) is 0 Å². The third-order valence-electron chi connectivity index (χ3n) is 0.803. The van der Waals surface area contributed by atoms with E-state index in [2.05, 4.69) is 14.2 Å². The van der Waals surface area contributed by atoms with Crippen molar-refractivity contribution in [1.29, 1.82) is 0 Å². The Morgan fingerprint density at radius 1 is 1.00 bits per heavy atom. The first-order valence-corrected chi connectivity index (χ1v) is 3.36. The summed E-state index contributed by atoms with van der Waals surface area (Å²) in [5.41, 5.74) is 0. The van der Waals surface area contributed by atoms with Gasteiger partial charge in [-0.05, 0) is 6.92 Å². The molecule has 0 aromatic heterocycles. The molecule has 0 aromatic carbocycles. The first kappa shape index (κ1) is 11.7. The standard InChI is InChI=1S/C6H11F3O3/c1-2-10-4-12-5-11-3-6(7,8)9/h2-5H2,1H3. The van der Waals surface area contributed by atoms with E-state index in [1.807, 2.05) is 0 Å². The van der Waals surface area contributed by atoms with E-state index in [1.165, 1.54) is 0 Å². The number of halogens is 3. The highest BCUT2D eigenvalue weighted by atomic mass is 19.4. The van der Waals surface area contributed by atoms with Gasteiger partial charge in [0.05, 0.1) is 0 Å². The molecular weight excluding hydrogens is 177 g/mol. The third kappa shape index (κ3) is 9.67. The highest BCUT2D eigenvalue weighted by molar-refractivity contribution is 4.42. The predicted octanol–water partition coefficient (Wildman–Crippen LogP) is 1.53. The van der Waals surface area contributed by atoms with E-state index in [0.717, 1.165) is 0 Å². The Kier molecular flexibility index (Phi) is 6.04. The first-order valence-electron chi connectivity index (χ1n) is 3.36. The monoisotopic (exact) mass is 188 g/mol. The zero-order chi connectivity index (χ0) is 9.45. The summed E-state index contributed by atoms with van der Waals surface area (Å²) >= 11 is 0. The molecule has 0 aliphatic carbocycles. The minimum absolute atomic E-state index is 0.0473. The maximum Gasteiger partial charge on any atom is 0.411 e. The number of alkyl halides is 3. The van der Waals surface area contributed by atoms with Gasteiger partial charge in [-0.2, -0.15) is 13.2 Å². The van der Waals surface area contributed by atoms with Crippen LogP contribution in [0.3, 0.4) is 0 Å². The lowest BCUT2D eigenvalue weighted by atomic mass is 10.7. The van der Waals surface area contributed by atoms with E-state index in [1.54, 1.807) is 6.92 Å². The molecule has 0 bridgehead atoms. The van der Waals surface area contributed by atoms with E-state index < -0.39 is 19.6 Å². The highest BCUT2D eigenvalue weighted by Crippen LogP contribution is 2.13. The molecule has 0 spiro atoms. The number of hydrogen-bond acceptors (Lipinski definition) is 3. The van der Waals surface area contributed by atoms with Gasteiger partial charge in [0.25, 0.3) is 0 Å². The fourth-order valence-electron chi connectivity index (χ4n) is 0.393. The third-order valence-corrected chi connectivity index (χ3v) is 0.803. The molecule has 0 saturated carbocycles. The largest absolute Gasteiger partial charge is 0.411 e. The quantitative estimate of drug-likeness (QED) is 0.467. The molecule has 0 atom stereocenters. The van der Waals surface area contributed by atoms with Crippen LogP contribution in [0.1, 0.15) is 6.92 Å². The normalized spacial score (nSPS) is 12.0. The van der Waals surface area contributed by atoms with Gasteiger partial charge in [-0.3, -0.25) is 0 Å². The van der Waals surface area contributed by atoms with Crippen LogP contribution in [-0.4, -0.2) is 33.0 Å². The molecule has 6 heteroatoms. The fourth-order valence-corrected chi connectivity index (χ4v) is 0.393. The van der Waals surface area contributed by atoms with Gasteiger partial charge in [0.2, 0.25) is 0 Å². The van der Waals surface area contributed by atoms with Crippen molar-refractivity contribution >= 4 is 0 Å². The van der Waals surface area contributed by atoms with Crippen molar-refractivity contribution in [2.45, 2.75) is 13.1 Å². The Morgan fingerprint density at radius 2 is 1.58 bits per heavy atom. The van der Waals surface area contributed by atoms with E-state index in [9.17, 15) is 13.2 Å². The summed E-state index contributed by atoms with van der Waals surface area (Å²) in [6.07, 6.45) is -4.30. The van der Waals surface area contributed by atoms with Gasteiger partial charge in [-0.15, -0.1) is 0 Å². The van der Waals surface area contributed by atoms with Crippen molar-refractivity contribution in [1.82, 2.24) is 0 Å². The van der Waals surface area contributed by atoms with Crippen LogP contribution < -0.4 is 0 Å². The first-order chi connectivity index (χ1) is 5.56. The van der Waals surface area contributed by atoms with Gasteiger partial charge in [0, 0.05) is 6.61 Å². The molecule has 0 aliphatic rings. The Bertz CT molecular complexity index is 105. The molecule has 0 N–H and O–H groups in total. The molecule has 0 amide bonds. The van der Waals surface area contributed by atoms with Crippen molar-refractivity contribution in [2.75, 3.05) is 26.8 Å². The van der Waals surface area contributed by atoms with Crippen molar-refractivity contribution < 1.29 is 27.4 Å². The molecule has 0 aromatic rings. The average molecular weight is 188 g/mol. The summed E-state index contributed by atoms with van der Waals surface area (Å²) in [6, 6.07) is 0. The molecule has 0 rings (SSSR count). The van der Waals surface area contributed by atoms with Gasteiger partial charge >= 0.3 is 6.18 Å². The average Bonchev–Trinajstić information content (AvgIpc) is 1.94. The topological polar surface area (TPSA) is 27.7 Å². The van der Waals surface area contributed by atoms with Gasteiger partial charge in [-0.1, -0.05) is 0 Å². The van der Waals surface area contributed by atoms with E-state index in [-0.39, 0.29) is 6.79 Å². The summed E-state index contributed by atoms with van der Waals surface area (Å²) < 4.78 is 47.6. The molecule has 0 unspecified atom stereocenters. The van der Waals surface area contributed by atoms with E-state index >= 15 is 0 Å². The van der Waals surface area contributed by atoms with Crippen molar-refractivity contribution in [2.24, 2.45) is 0 Å². The lowest BCUT2D eigenvalue weighted by Crippen LogP contribution is -2.18. The maximum absolute atomic E-state index is 11.4. The van der Waals surface area contributed by atoms with E-state index in [4.69, 9.17) is 0 Å². The molecule has 0 fully saturated rings. The molecular formula is C6H11F3O3. The van der Waals surface area contributed by atoms with Gasteiger partial charge in [-0.25, -0.2) is 0 Å². The van der Waals surface area contributed by atoms with Crippen LogP contribution in [0.2, 0.25) is 0 Å². The summed E-state index contributed by atoms with van der Waals surface area (Å²) in [6.45, 7) is 0.464. The fraction of sp³-hybridized carbons (Fsp3) is 1.00. The SMILES string of the molecule is CCOCOCOCC(F)(F)F. The molecule has 0 saturated heterocycles. The summed E-state index contributed by atoms with van der Waals surface area (Å²) in [5.74, 6) is 0. The summed E-state index contributed by atoms with van der Waals surface area (Å²) in [4.78, 5) is 0. The summed E-state index contributed by atoms with van der Waals surface area (Å²) in [5, 5.41) is 0. The predicted molar refractivity (Wildman–Crippen MR) is 34.5 cm³/mol. The molecule has 0 heterocycles. The van der Waals surface area contributed by atoms with Crippen LogP contribution in [0.5, 0.6) is 0 Å². The van der Waals surface area contributed by atoms with E-state index in [0.29, 0.717) is 6.61 Å². The molecule has 0 aliphatic heterocycles. The van der Waals surface area contributed by atoms with Gasteiger partial charge in [0.1, 0.15) is 20.2 Å². The second-order valence-corrected chi connectivity index (χ2v) is 1.90. The van der Waals surface area contributed by atoms with Crippen LogP contribution in [0.4, 0.5) is 13.2 Å². The number of hydrogen-bond donors (Lipinski definition) is 0. The highest BCUT2D eigenvalue weighted by Gasteiger charge is 2.27. The van der Waals surface area contributed by atoms with Crippen molar-refractivity contribution in [3.63, 3.8) is 0 Å². The zero-order valence-corrected chi connectivity index (χ0v) is 6.69. The smallest absolute Gasteiger partial charge is 0.356 e. The Hall–Kier alpha value is -0.330. The zero-order valence-electron chi connectivity index (χ0n) is 6.69. The van der Waals surface area contributed by atoms with Crippen molar-refractivity contribution in [3.8, 4) is 0 Å². The second kappa shape index (κ2) is 6.22. The molecule has 12 heavy (non-hydrogen) atoms. The minimum atomic E-state index is -4.30. The number of ether oxygens (including phenoxy) is 3.